The number of methoxy groups -OCH3 is 1. The molecule has 5 nitrogen and oxygen atoms in total. The van der Waals surface area contributed by atoms with Gasteiger partial charge in [0.25, 0.3) is 0 Å². The topological polar surface area (TPSA) is 61.8 Å². The third-order valence-corrected chi connectivity index (χ3v) is 4.57. The summed E-state index contributed by atoms with van der Waals surface area (Å²) in [7, 11) is 1.56. The van der Waals surface area contributed by atoms with Crippen molar-refractivity contribution in [1.29, 1.82) is 0 Å². The number of rotatable bonds is 5. The second-order valence-corrected chi connectivity index (χ2v) is 6.07. The van der Waals surface area contributed by atoms with Gasteiger partial charge in [0.2, 0.25) is 5.91 Å². The first-order valence-electron chi connectivity index (χ1n) is 7.84. The molecular formula is C17H26N2O3. The Morgan fingerprint density at radius 1 is 1.41 bits per heavy atom. The molecule has 1 heterocycles. The molecule has 2 N–H and O–H groups in total. The Labute approximate surface area is 132 Å². The number of carbonyl (C=O) groups excluding carboxylic acids is 1. The lowest BCUT2D eigenvalue weighted by Crippen LogP contribution is -2.46. The van der Waals surface area contributed by atoms with Gasteiger partial charge in [0.15, 0.2) is 0 Å². The monoisotopic (exact) mass is 306 g/mol. The number of aliphatic hydroxyl groups excluding tert-OH is 1. The molecule has 1 aliphatic heterocycles. The molecule has 5 heteroatoms. The Morgan fingerprint density at radius 3 is 2.59 bits per heavy atom. The summed E-state index contributed by atoms with van der Waals surface area (Å²) >= 11 is 0. The molecule has 1 fully saturated rings. The number of amides is 1. The molecule has 0 spiro atoms. The molecule has 0 aliphatic carbocycles. The summed E-state index contributed by atoms with van der Waals surface area (Å²) in [5, 5.41) is 12.3. The number of benzene rings is 1. The minimum Gasteiger partial charge on any atom is -0.496 e. The standard InChI is InChI=1S/C17H26N2O3/c1-11-5-6-12(2)19(11)13(3)17(21)18-15-7-8-16(22-4)14(9-15)10-20/h7-9,11-13,20H,5-6,10H2,1-4H3,(H,18,21)/t11-,12-,13-/m0/s1. The molecule has 1 saturated heterocycles. The Bertz CT molecular complexity index is 523. The number of aliphatic hydroxyl groups is 1. The van der Waals surface area contributed by atoms with Crippen LogP contribution in [0.2, 0.25) is 0 Å². The quantitative estimate of drug-likeness (QED) is 0.877. The van der Waals surface area contributed by atoms with Crippen molar-refractivity contribution in [2.75, 3.05) is 12.4 Å². The molecule has 1 aromatic carbocycles. The fourth-order valence-electron chi connectivity index (χ4n) is 3.34. The molecule has 0 unspecified atom stereocenters. The smallest absolute Gasteiger partial charge is 0.241 e. The number of hydrogen-bond donors (Lipinski definition) is 2. The van der Waals surface area contributed by atoms with E-state index in [1.165, 1.54) is 0 Å². The predicted octanol–water partition coefficient (Wildman–Crippen LogP) is 2.39. The van der Waals surface area contributed by atoms with E-state index in [1.807, 2.05) is 6.92 Å². The van der Waals surface area contributed by atoms with Gasteiger partial charge in [0.1, 0.15) is 5.75 Å². The summed E-state index contributed by atoms with van der Waals surface area (Å²) in [6.07, 6.45) is 2.27. The van der Waals surface area contributed by atoms with Crippen molar-refractivity contribution < 1.29 is 14.6 Å². The van der Waals surface area contributed by atoms with Crippen LogP contribution in [0.5, 0.6) is 5.75 Å². The number of hydrogen-bond acceptors (Lipinski definition) is 4. The van der Waals surface area contributed by atoms with E-state index in [-0.39, 0.29) is 18.6 Å². The molecule has 1 aromatic rings. The third-order valence-electron chi connectivity index (χ3n) is 4.57. The Hall–Kier alpha value is -1.59. The Balaban J connectivity index is 2.08. The SMILES string of the molecule is COc1ccc(NC(=O)[C@H](C)N2[C@@H](C)CC[C@@H]2C)cc1CO. The molecule has 0 aromatic heterocycles. The van der Waals surface area contributed by atoms with E-state index >= 15 is 0 Å². The van der Waals surface area contributed by atoms with Crippen molar-refractivity contribution in [2.45, 2.75) is 58.3 Å². The molecule has 0 saturated carbocycles. The van der Waals surface area contributed by atoms with Crippen molar-refractivity contribution in [3.63, 3.8) is 0 Å². The number of nitrogens with one attached hydrogen (secondary N) is 1. The first-order chi connectivity index (χ1) is 10.5. The molecule has 3 atom stereocenters. The Kier molecular flexibility index (Phi) is 5.42. The molecule has 2 rings (SSSR count). The van der Waals surface area contributed by atoms with Gasteiger partial charge >= 0.3 is 0 Å². The van der Waals surface area contributed by atoms with Gasteiger partial charge in [-0.3, -0.25) is 9.69 Å². The summed E-state index contributed by atoms with van der Waals surface area (Å²) in [5.74, 6) is 0.602. The van der Waals surface area contributed by atoms with Gasteiger partial charge in [0.05, 0.1) is 19.8 Å². The number of carbonyl (C=O) groups is 1. The second kappa shape index (κ2) is 7.11. The minimum atomic E-state index is -0.174. The van der Waals surface area contributed by atoms with Crippen LogP contribution < -0.4 is 10.1 Å². The summed E-state index contributed by atoms with van der Waals surface area (Å²) in [6, 6.07) is 5.98. The van der Waals surface area contributed by atoms with Gasteiger partial charge in [0, 0.05) is 23.3 Å². The minimum absolute atomic E-state index is 0.0188. The molecule has 0 radical (unpaired) electrons. The van der Waals surface area contributed by atoms with E-state index in [0.29, 0.717) is 29.1 Å². The normalized spacial score (nSPS) is 23.3. The second-order valence-electron chi connectivity index (χ2n) is 6.07. The number of nitrogens with zero attached hydrogens (tertiary/aromatic N) is 1. The van der Waals surface area contributed by atoms with Crippen molar-refractivity contribution in [2.24, 2.45) is 0 Å². The predicted molar refractivity (Wildman–Crippen MR) is 87.0 cm³/mol. The molecular weight excluding hydrogens is 280 g/mol. The molecule has 122 valence electrons. The van der Waals surface area contributed by atoms with Crippen LogP contribution in [0.25, 0.3) is 0 Å². The zero-order chi connectivity index (χ0) is 16.3. The van der Waals surface area contributed by atoms with Crippen LogP contribution in [0.3, 0.4) is 0 Å². The first kappa shape index (κ1) is 16.8. The lowest BCUT2D eigenvalue weighted by molar-refractivity contribution is -0.121. The highest BCUT2D eigenvalue weighted by Crippen LogP contribution is 2.27. The average Bonchev–Trinajstić information content (AvgIpc) is 2.85. The Morgan fingerprint density at radius 2 is 2.05 bits per heavy atom. The molecule has 1 aliphatic rings. The van der Waals surface area contributed by atoms with Crippen LogP contribution in [0.4, 0.5) is 5.69 Å². The van der Waals surface area contributed by atoms with Crippen LogP contribution in [0.1, 0.15) is 39.2 Å². The lowest BCUT2D eigenvalue weighted by atomic mass is 10.1. The summed E-state index contributed by atoms with van der Waals surface area (Å²) < 4.78 is 5.17. The van der Waals surface area contributed by atoms with Crippen molar-refractivity contribution in [3.8, 4) is 5.75 Å². The van der Waals surface area contributed by atoms with Crippen molar-refractivity contribution in [3.05, 3.63) is 23.8 Å². The number of anilines is 1. The fraction of sp³-hybridized carbons (Fsp3) is 0.588. The third kappa shape index (κ3) is 3.42. The van der Waals surface area contributed by atoms with E-state index < -0.39 is 0 Å². The van der Waals surface area contributed by atoms with E-state index in [4.69, 9.17) is 4.74 Å². The zero-order valence-electron chi connectivity index (χ0n) is 13.8. The van der Waals surface area contributed by atoms with E-state index in [2.05, 4.69) is 24.1 Å². The van der Waals surface area contributed by atoms with E-state index in [0.717, 1.165) is 12.8 Å². The van der Waals surface area contributed by atoms with Gasteiger partial charge < -0.3 is 15.2 Å². The van der Waals surface area contributed by atoms with Crippen LogP contribution in [-0.2, 0) is 11.4 Å². The van der Waals surface area contributed by atoms with Crippen molar-refractivity contribution >= 4 is 11.6 Å². The summed E-state index contributed by atoms with van der Waals surface area (Å²) in [4.78, 5) is 14.8. The summed E-state index contributed by atoms with van der Waals surface area (Å²) in [6.45, 7) is 6.17. The van der Waals surface area contributed by atoms with Crippen molar-refractivity contribution in [1.82, 2.24) is 4.90 Å². The zero-order valence-corrected chi connectivity index (χ0v) is 13.8. The highest BCUT2D eigenvalue weighted by Gasteiger charge is 2.34. The molecule has 0 bridgehead atoms. The van der Waals surface area contributed by atoms with Crippen LogP contribution in [0.15, 0.2) is 18.2 Å². The van der Waals surface area contributed by atoms with Gasteiger partial charge in [-0.1, -0.05) is 0 Å². The van der Waals surface area contributed by atoms with E-state index in [9.17, 15) is 9.90 Å². The van der Waals surface area contributed by atoms with Gasteiger partial charge in [-0.05, 0) is 51.8 Å². The van der Waals surface area contributed by atoms with Crippen LogP contribution >= 0.6 is 0 Å². The average molecular weight is 306 g/mol. The van der Waals surface area contributed by atoms with Gasteiger partial charge in [-0.25, -0.2) is 0 Å². The maximum absolute atomic E-state index is 12.5. The number of ether oxygens (including phenoxy) is 1. The van der Waals surface area contributed by atoms with Crippen LogP contribution in [0, 0.1) is 0 Å². The first-order valence-corrected chi connectivity index (χ1v) is 7.84. The summed E-state index contributed by atoms with van der Waals surface area (Å²) in [5.41, 5.74) is 1.34. The highest BCUT2D eigenvalue weighted by atomic mass is 16.5. The largest absolute Gasteiger partial charge is 0.496 e. The van der Waals surface area contributed by atoms with Gasteiger partial charge in [-0.15, -0.1) is 0 Å². The maximum atomic E-state index is 12.5. The lowest BCUT2D eigenvalue weighted by Gasteiger charge is -2.31. The molecule has 22 heavy (non-hydrogen) atoms. The van der Waals surface area contributed by atoms with Gasteiger partial charge in [-0.2, -0.15) is 0 Å². The fourth-order valence-corrected chi connectivity index (χ4v) is 3.34. The molecule has 1 amide bonds. The maximum Gasteiger partial charge on any atom is 0.241 e. The number of likely N-dealkylation sites (tertiary alicyclic amines) is 1. The van der Waals surface area contributed by atoms with E-state index in [1.54, 1.807) is 25.3 Å². The highest BCUT2D eigenvalue weighted by molar-refractivity contribution is 5.94. The van der Waals surface area contributed by atoms with Crippen LogP contribution in [-0.4, -0.2) is 41.1 Å².